The predicted octanol–water partition coefficient (Wildman–Crippen LogP) is 11.2. The Kier molecular flexibility index (Phi) is 5.39. The van der Waals surface area contributed by atoms with Crippen LogP contribution in [-0.4, -0.2) is 4.57 Å². The van der Waals surface area contributed by atoms with E-state index in [0.717, 1.165) is 4.47 Å². The number of hydrogen-bond acceptors (Lipinski definition) is 0. The number of hydrogen-bond donors (Lipinski definition) is 0. The van der Waals surface area contributed by atoms with Gasteiger partial charge in [0.15, 0.2) is 0 Å². The summed E-state index contributed by atoms with van der Waals surface area (Å²) >= 11 is 3.73. The van der Waals surface area contributed by atoms with Gasteiger partial charge < -0.3 is 4.57 Å². The van der Waals surface area contributed by atoms with Gasteiger partial charge in [0.2, 0.25) is 0 Å². The van der Waals surface area contributed by atoms with Crippen LogP contribution in [0.2, 0.25) is 0 Å². The minimum Gasteiger partial charge on any atom is -0.309 e. The van der Waals surface area contributed by atoms with E-state index in [1.165, 1.54) is 72.0 Å². The van der Waals surface area contributed by atoms with Crippen LogP contribution in [0.15, 0.2) is 138 Å². The summed E-state index contributed by atoms with van der Waals surface area (Å²) in [5, 5.41) is 2.54. The van der Waals surface area contributed by atoms with Crippen molar-refractivity contribution in [1.29, 1.82) is 0 Å². The van der Waals surface area contributed by atoms with Gasteiger partial charge in [-0.1, -0.05) is 127 Å². The smallest absolute Gasteiger partial charge is 0.0543 e. The maximum Gasteiger partial charge on any atom is 0.0543 e. The molecule has 1 nitrogen and oxygen atoms in total. The first-order chi connectivity index (χ1) is 20.0. The molecule has 7 aromatic rings. The molecule has 1 aromatic heterocycles. The van der Waals surface area contributed by atoms with Gasteiger partial charge in [-0.25, -0.2) is 0 Å². The zero-order valence-electron chi connectivity index (χ0n) is 23.0. The summed E-state index contributed by atoms with van der Waals surface area (Å²) in [7, 11) is 0. The fraction of sp³-hybridized carbons (Fsp3) is 0.0769. The lowest BCUT2D eigenvalue weighted by molar-refractivity contribution is 0.660. The Morgan fingerprint density at radius 2 is 1.17 bits per heavy atom. The Labute approximate surface area is 248 Å². The highest BCUT2D eigenvalue weighted by atomic mass is 79.9. The number of nitrogens with zero attached hydrogens (tertiary/aromatic N) is 1. The normalized spacial score (nSPS) is 13.4. The zero-order valence-corrected chi connectivity index (χ0v) is 24.6. The molecule has 0 atom stereocenters. The number of rotatable bonds is 3. The van der Waals surface area contributed by atoms with Crippen molar-refractivity contribution in [1.82, 2.24) is 4.57 Å². The van der Waals surface area contributed by atoms with Gasteiger partial charge in [0.1, 0.15) is 0 Å². The second-order valence-electron chi connectivity index (χ2n) is 11.5. The van der Waals surface area contributed by atoms with Gasteiger partial charge in [0, 0.05) is 26.2 Å². The van der Waals surface area contributed by atoms with E-state index in [1.807, 2.05) is 0 Å². The van der Waals surface area contributed by atoms with E-state index < -0.39 is 0 Å². The first-order valence-electron chi connectivity index (χ1n) is 14.1. The lowest BCUT2D eigenvalue weighted by atomic mass is 9.82. The van der Waals surface area contributed by atoms with Crippen molar-refractivity contribution < 1.29 is 0 Å². The summed E-state index contributed by atoms with van der Waals surface area (Å²) in [6.07, 6.45) is 0. The molecule has 0 N–H and O–H groups in total. The van der Waals surface area contributed by atoms with Gasteiger partial charge in [0.25, 0.3) is 0 Å². The topological polar surface area (TPSA) is 4.93 Å². The van der Waals surface area contributed by atoms with Gasteiger partial charge >= 0.3 is 0 Å². The summed E-state index contributed by atoms with van der Waals surface area (Å²) in [5.74, 6) is 0. The van der Waals surface area contributed by atoms with Gasteiger partial charge in [-0.2, -0.15) is 0 Å². The maximum atomic E-state index is 3.73. The van der Waals surface area contributed by atoms with Crippen LogP contribution in [0.1, 0.15) is 25.0 Å². The van der Waals surface area contributed by atoms with Crippen molar-refractivity contribution in [2.24, 2.45) is 0 Å². The van der Waals surface area contributed by atoms with Crippen molar-refractivity contribution in [3.05, 3.63) is 149 Å². The SMILES string of the molecule is CC1(C)c2ccccc2-c2c(-n3c4ccccc4c4cc(-c5cccc(-c6ccccc6Br)c5)ccc43)cccc21. The van der Waals surface area contributed by atoms with Crippen molar-refractivity contribution in [2.75, 3.05) is 0 Å². The minimum absolute atomic E-state index is 0.0351. The fourth-order valence-electron chi connectivity index (χ4n) is 6.90. The summed E-state index contributed by atoms with van der Waals surface area (Å²) in [6, 6.07) is 48.8. The van der Waals surface area contributed by atoms with E-state index in [1.54, 1.807) is 0 Å². The number of aromatic nitrogens is 1. The van der Waals surface area contributed by atoms with Gasteiger partial charge in [-0.3, -0.25) is 0 Å². The molecule has 2 heteroatoms. The lowest BCUT2D eigenvalue weighted by Crippen LogP contribution is -2.14. The van der Waals surface area contributed by atoms with E-state index >= 15 is 0 Å². The maximum absolute atomic E-state index is 3.73. The molecule has 0 saturated carbocycles. The standard InChI is InChI=1S/C39H28BrN/c1-39(2)32-16-6-3-15-30(32)38-33(39)17-10-20-37(38)41-35-19-8-5-14-29(35)31-24-26(21-22-36(31)41)25-11-9-12-27(23-25)28-13-4-7-18-34(28)40/h3-24H,1-2H3. The summed E-state index contributed by atoms with van der Waals surface area (Å²) in [4.78, 5) is 0. The molecule has 0 saturated heterocycles. The number of fused-ring (bicyclic) bond motifs is 6. The number of halogens is 1. The van der Waals surface area contributed by atoms with Gasteiger partial charge in [0.05, 0.1) is 16.7 Å². The highest BCUT2D eigenvalue weighted by Crippen LogP contribution is 2.51. The van der Waals surface area contributed by atoms with Crippen LogP contribution in [0.5, 0.6) is 0 Å². The molecule has 0 bridgehead atoms. The minimum atomic E-state index is -0.0351. The third kappa shape index (κ3) is 3.60. The van der Waals surface area contributed by atoms with Crippen LogP contribution in [0.4, 0.5) is 0 Å². The van der Waals surface area contributed by atoms with Crippen molar-refractivity contribution in [3.63, 3.8) is 0 Å². The first kappa shape index (κ1) is 24.4. The Hall–Kier alpha value is -4.40. The molecule has 196 valence electrons. The molecule has 41 heavy (non-hydrogen) atoms. The average Bonchev–Trinajstić information content (AvgIpc) is 3.46. The molecule has 1 aliphatic rings. The third-order valence-electron chi connectivity index (χ3n) is 8.88. The fourth-order valence-corrected chi connectivity index (χ4v) is 7.41. The molecule has 0 fully saturated rings. The second-order valence-corrected chi connectivity index (χ2v) is 12.4. The molecule has 0 radical (unpaired) electrons. The molecule has 0 spiro atoms. The average molecular weight is 591 g/mol. The van der Waals surface area contributed by atoms with Crippen LogP contribution in [0, 0.1) is 0 Å². The quantitative estimate of drug-likeness (QED) is 0.193. The van der Waals surface area contributed by atoms with Crippen LogP contribution >= 0.6 is 15.9 Å². The van der Waals surface area contributed by atoms with Crippen LogP contribution < -0.4 is 0 Å². The lowest BCUT2D eigenvalue weighted by Gasteiger charge is -2.21. The van der Waals surface area contributed by atoms with Crippen LogP contribution in [0.3, 0.4) is 0 Å². The Morgan fingerprint density at radius 1 is 0.512 bits per heavy atom. The highest BCUT2D eigenvalue weighted by Gasteiger charge is 2.37. The van der Waals surface area contributed by atoms with E-state index in [2.05, 4.69) is 168 Å². The zero-order chi connectivity index (χ0) is 27.7. The number of para-hydroxylation sites is 1. The van der Waals surface area contributed by atoms with Crippen molar-refractivity contribution in [2.45, 2.75) is 19.3 Å². The summed E-state index contributed by atoms with van der Waals surface area (Å²) in [6.45, 7) is 4.70. The first-order valence-corrected chi connectivity index (χ1v) is 14.9. The molecule has 0 amide bonds. The summed E-state index contributed by atoms with van der Waals surface area (Å²) in [5.41, 5.74) is 14.0. The van der Waals surface area contributed by atoms with E-state index in [9.17, 15) is 0 Å². The van der Waals surface area contributed by atoms with Crippen molar-refractivity contribution >= 4 is 37.7 Å². The largest absolute Gasteiger partial charge is 0.309 e. The molecule has 1 heterocycles. The van der Waals surface area contributed by atoms with Gasteiger partial charge in [-0.05, 0) is 75.3 Å². The summed E-state index contributed by atoms with van der Waals surface area (Å²) < 4.78 is 3.58. The molecule has 8 rings (SSSR count). The number of benzene rings is 6. The Morgan fingerprint density at radius 3 is 2.05 bits per heavy atom. The molecular weight excluding hydrogens is 562 g/mol. The van der Waals surface area contributed by atoms with Crippen LogP contribution in [0.25, 0.3) is 60.9 Å². The molecule has 0 unspecified atom stereocenters. The third-order valence-corrected chi connectivity index (χ3v) is 9.57. The van der Waals surface area contributed by atoms with Gasteiger partial charge in [-0.15, -0.1) is 0 Å². The molecule has 1 aliphatic carbocycles. The molecule has 6 aromatic carbocycles. The predicted molar refractivity (Wildman–Crippen MR) is 177 cm³/mol. The van der Waals surface area contributed by atoms with Crippen molar-refractivity contribution in [3.8, 4) is 39.1 Å². The Bertz CT molecular complexity index is 2150. The van der Waals surface area contributed by atoms with Crippen LogP contribution in [-0.2, 0) is 5.41 Å². The highest BCUT2D eigenvalue weighted by molar-refractivity contribution is 9.10. The second kappa shape index (κ2) is 9.06. The van der Waals surface area contributed by atoms with E-state index in [4.69, 9.17) is 0 Å². The molecule has 0 aliphatic heterocycles. The van der Waals surface area contributed by atoms with E-state index in [0.29, 0.717) is 0 Å². The van der Waals surface area contributed by atoms with E-state index in [-0.39, 0.29) is 5.41 Å². The molecular formula is C39H28BrN. The monoisotopic (exact) mass is 589 g/mol. The Balaban J connectivity index is 1.36.